The standard InChI is InChI=1S/C31H58/c1-3-5-7-9-11-13-15-17-19-21-23-25-27-29-31-30-28-26-24-22-20-18-16-14-12-10-8-6-4-2/h3-6,19,21H,7-18,20,22-31H2,1-2H3. The van der Waals surface area contributed by atoms with Crippen molar-refractivity contribution >= 4 is 0 Å². The SMILES string of the molecule is CC=CCCCCCCC=CCCCCCCCCCCCCCCCCCC=CC. The predicted octanol–water partition coefficient (Wildman–Crippen LogP) is 11.7. The van der Waals surface area contributed by atoms with Crippen LogP contribution in [-0.2, 0) is 0 Å². The fraction of sp³-hybridized carbons (Fsp3) is 0.806. The van der Waals surface area contributed by atoms with E-state index in [9.17, 15) is 0 Å². The molecule has 0 radical (unpaired) electrons. The Kier molecular flexibility index (Phi) is 28.5. The Bertz CT molecular complexity index is 387. The second-order valence-electron chi connectivity index (χ2n) is 9.48. The van der Waals surface area contributed by atoms with Crippen molar-refractivity contribution in [2.45, 2.75) is 162 Å². The summed E-state index contributed by atoms with van der Waals surface area (Å²) in [5.41, 5.74) is 0. The van der Waals surface area contributed by atoms with Gasteiger partial charge < -0.3 is 0 Å². The third-order valence-corrected chi connectivity index (χ3v) is 6.37. The minimum absolute atomic E-state index is 1.27. The molecule has 31 heavy (non-hydrogen) atoms. The molecule has 0 aliphatic heterocycles. The van der Waals surface area contributed by atoms with Crippen LogP contribution in [0.2, 0.25) is 0 Å². The number of hydrogen-bond donors (Lipinski definition) is 0. The zero-order valence-corrected chi connectivity index (χ0v) is 21.7. The monoisotopic (exact) mass is 430 g/mol. The Labute approximate surface area is 198 Å². The van der Waals surface area contributed by atoms with E-state index in [1.165, 1.54) is 148 Å². The number of hydrogen-bond acceptors (Lipinski definition) is 0. The van der Waals surface area contributed by atoms with Crippen LogP contribution in [-0.4, -0.2) is 0 Å². The minimum atomic E-state index is 1.27. The van der Waals surface area contributed by atoms with Gasteiger partial charge in [0, 0.05) is 0 Å². The molecule has 0 N–H and O–H groups in total. The Morgan fingerprint density at radius 2 is 0.452 bits per heavy atom. The van der Waals surface area contributed by atoms with E-state index in [-0.39, 0.29) is 0 Å². The largest absolute Gasteiger partial charge is 0.0917 e. The highest BCUT2D eigenvalue weighted by molar-refractivity contribution is 4.81. The molecule has 0 rings (SSSR count). The van der Waals surface area contributed by atoms with Crippen LogP contribution in [0, 0.1) is 0 Å². The van der Waals surface area contributed by atoms with Gasteiger partial charge in [-0.25, -0.2) is 0 Å². The fourth-order valence-electron chi connectivity index (χ4n) is 4.27. The van der Waals surface area contributed by atoms with Crippen LogP contribution < -0.4 is 0 Å². The van der Waals surface area contributed by atoms with Gasteiger partial charge in [0.15, 0.2) is 0 Å². The van der Waals surface area contributed by atoms with Crippen LogP contribution in [0.3, 0.4) is 0 Å². The summed E-state index contributed by atoms with van der Waals surface area (Å²) in [5.74, 6) is 0. The van der Waals surface area contributed by atoms with E-state index in [1.54, 1.807) is 0 Å². The summed E-state index contributed by atoms with van der Waals surface area (Å²) in [6, 6.07) is 0. The number of rotatable bonds is 25. The molecule has 0 saturated heterocycles. The van der Waals surface area contributed by atoms with Gasteiger partial charge in [0.1, 0.15) is 0 Å². The van der Waals surface area contributed by atoms with E-state index in [0.29, 0.717) is 0 Å². The van der Waals surface area contributed by atoms with E-state index in [2.05, 4.69) is 50.3 Å². The lowest BCUT2D eigenvalue weighted by molar-refractivity contribution is 0.531. The Morgan fingerprint density at radius 1 is 0.258 bits per heavy atom. The molecule has 0 bridgehead atoms. The molecule has 0 spiro atoms. The zero-order chi connectivity index (χ0) is 22.5. The second-order valence-corrected chi connectivity index (χ2v) is 9.48. The maximum atomic E-state index is 2.43. The van der Waals surface area contributed by atoms with E-state index >= 15 is 0 Å². The first-order valence-electron chi connectivity index (χ1n) is 14.3. The highest BCUT2D eigenvalue weighted by Gasteiger charge is 1.94. The highest BCUT2D eigenvalue weighted by atomic mass is 14.0. The van der Waals surface area contributed by atoms with E-state index in [4.69, 9.17) is 0 Å². The van der Waals surface area contributed by atoms with Crippen molar-refractivity contribution in [3.63, 3.8) is 0 Å². The first kappa shape index (κ1) is 30.2. The first-order valence-corrected chi connectivity index (χ1v) is 14.3. The van der Waals surface area contributed by atoms with Gasteiger partial charge in [-0.15, -0.1) is 0 Å². The van der Waals surface area contributed by atoms with Crippen LogP contribution in [0.5, 0.6) is 0 Å². The summed E-state index contributed by atoms with van der Waals surface area (Å²) >= 11 is 0. The summed E-state index contributed by atoms with van der Waals surface area (Å²) in [5, 5.41) is 0. The molecule has 0 heterocycles. The summed E-state index contributed by atoms with van der Waals surface area (Å²) < 4.78 is 0. The normalized spacial score (nSPS) is 12.2. The first-order chi connectivity index (χ1) is 15.4. The number of allylic oxidation sites excluding steroid dienone is 6. The average Bonchev–Trinajstić information content (AvgIpc) is 2.78. The van der Waals surface area contributed by atoms with Crippen molar-refractivity contribution in [2.75, 3.05) is 0 Å². The van der Waals surface area contributed by atoms with Crippen molar-refractivity contribution < 1.29 is 0 Å². The summed E-state index contributed by atoms with van der Waals surface area (Å²) in [6.45, 7) is 4.24. The van der Waals surface area contributed by atoms with Gasteiger partial charge in [0.25, 0.3) is 0 Å². The smallest absolute Gasteiger partial charge is 0.0351 e. The van der Waals surface area contributed by atoms with Gasteiger partial charge in [-0.1, -0.05) is 133 Å². The molecule has 0 aliphatic carbocycles. The van der Waals surface area contributed by atoms with Gasteiger partial charge in [0.05, 0.1) is 0 Å². The van der Waals surface area contributed by atoms with E-state index < -0.39 is 0 Å². The van der Waals surface area contributed by atoms with Crippen LogP contribution in [0.4, 0.5) is 0 Å². The van der Waals surface area contributed by atoms with Crippen molar-refractivity contribution in [1.29, 1.82) is 0 Å². The zero-order valence-electron chi connectivity index (χ0n) is 21.7. The van der Waals surface area contributed by atoms with Crippen LogP contribution in [0.1, 0.15) is 162 Å². The molecule has 0 aromatic rings. The Balaban J connectivity index is 3.07. The summed E-state index contributed by atoms with van der Waals surface area (Å²) in [6.07, 6.45) is 46.3. The van der Waals surface area contributed by atoms with Crippen molar-refractivity contribution in [3.8, 4) is 0 Å². The highest BCUT2D eigenvalue weighted by Crippen LogP contribution is 2.14. The summed E-state index contributed by atoms with van der Waals surface area (Å²) in [7, 11) is 0. The molecule has 182 valence electrons. The molecule has 0 aromatic carbocycles. The number of unbranched alkanes of at least 4 members (excludes halogenated alkanes) is 21. The molecule has 0 nitrogen and oxygen atoms in total. The van der Waals surface area contributed by atoms with E-state index in [0.717, 1.165) is 0 Å². The second kappa shape index (κ2) is 29.2. The topological polar surface area (TPSA) is 0 Å². The molecule has 0 aliphatic rings. The fourth-order valence-corrected chi connectivity index (χ4v) is 4.27. The molecule has 0 amide bonds. The Hall–Kier alpha value is -0.780. The van der Waals surface area contributed by atoms with Crippen LogP contribution >= 0.6 is 0 Å². The van der Waals surface area contributed by atoms with Gasteiger partial charge in [-0.2, -0.15) is 0 Å². The quantitative estimate of drug-likeness (QED) is 0.0997. The molecule has 0 heteroatoms. The molecule has 0 aromatic heterocycles. The molecule has 0 saturated carbocycles. The van der Waals surface area contributed by atoms with Crippen molar-refractivity contribution in [2.24, 2.45) is 0 Å². The van der Waals surface area contributed by atoms with Gasteiger partial charge in [0.2, 0.25) is 0 Å². The molecule has 0 atom stereocenters. The summed E-state index contributed by atoms with van der Waals surface area (Å²) in [4.78, 5) is 0. The lowest BCUT2D eigenvalue weighted by Crippen LogP contribution is -1.83. The van der Waals surface area contributed by atoms with Crippen LogP contribution in [0.25, 0.3) is 0 Å². The minimum Gasteiger partial charge on any atom is -0.0917 e. The van der Waals surface area contributed by atoms with Gasteiger partial charge >= 0.3 is 0 Å². The molecule has 0 unspecified atom stereocenters. The molecular weight excluding hydrogens is 372 g/mol. The molecular formula is C31H58. The lowest BCUT2D eigenvalue weighted by Gasteiger charge is -2.03. The van der Waals surface area contributed by atoms with Crippen molar-refractivity contribution in [3.05, 3.63) is 36.5 Å². The van der Waals surface area contributed by atoms with Gasteiger partial charge in [-0.3, -0.25) is 0 Å². The predicted molar refractivity (Wildman–Crippen MR) is 145 cm³/mol. The maximum Gasteiger partial charge on any atom is -0.0351 e. The van der Waals surface area contributed by atoms with Gasteiger partial charge in [-0.05, 0) is 65.2 Å². The van der Waals surface area contributed by atoms with E-state index in [1.807, 2.05) is 0 Å². The third-order valence-electron chi connectivity index (χ3n) is 6.37. The lowest BCUT2D eigenvalue weighted by atomic mass is 10.0. The average molecular weight is 431 g/mol. The Morgan fingerprint density at radius 3 is 0.677 bits per heavy atom. The third kappa shape index (κ3) is 29.2. The maximum absolute atomic E-state index is 2.43. The van der Waals surface area contributed by atoms with Crippen molar-refractivity contribution in [1.82, 2.24) is 0 Å². The molecule has 0 fully saturated rings. The van der Waals surface area contributed by atoms with Crippen LogP contribution in [0.15, 0.2) is 36.5 Å².